The van der Waals surface area contributed by atoms with Crippen LogP contribution >= 0.6 is 11.3 Å². The molecule has 0 saturated carbocycles. The van der Waals surface area contributed by atoms with E-state index >= 15 is 0 Å². The molecule has 0 amide bonds. The van der Waals surface area contributed by atoms with Crippen molar-refractivity contribution in [2.24, 2.45) is 0 Å². The summed E-state index contributed by atoms with van der Waals surface area (Å²) >= 11 is 1.61. The molecule has 20 heavy (non-hydrogen) atoms. The van der Waals surface area contributed by atoms with E-state index < -0.39 is 10.0 Å². The average molecular weight is 317 g/mol. The number of hydrogen-bond donors (Lipinski definition) is 1. The first-order valence-electron chi connectivity index (χ1n) is 6.96. The van der Waals surface area contributed by atoms with E-state index in [1.807, 2.05) is 17.5 Å². The first kappa shape index (κ1) is 15.9. The van der Waals surface area contributed by atoms with E-state index in [4.69, 9.17) is 0 Å². The van der Waals surface area contributed by atoms with Gasteiger partial charge in [-0.3, -0.25) is 4.90 Å². The lowest BCUT2D eigenvalue weighted by Crippen LogP contribution is -2.47. The van der Waals surface area contributed by atoms with Crippen molar-refractivity contribution in [2.45, 2.75) is 6.42 Å². The molecule has 1 saturated heterocycles. The first-order valence-corrected chi connectivity index (χ1v) is 9.49. The topological polar surface area (TPSA) is 52.6 Å². The Labute approximate surface area is 125 Å². The van der Waals surface area contributed by atoms with Crippen LogP contribution in [0.25, 0.3) is 0 Å². The normalized spacial score (nSPS) is 18.4. The fourth-order valence-electron chi connectivity index (χ4n) is 2.19. The Morgan fingerprint density at radius 2 is 2.05 bits per heavy atom. The van der Waals surface area contributed by atoms with E-state index in [-0.39, 0.29) is 5.75 Å². The summed E-state index contributed by atoms with van der Waals surface area (Å²) in [7, 11) is -1.03. The molecule has 114 valence electrons. The van der Waals surface area contributed by atoms with Crippen LogP contribution in [-0.4, -0.2) is 70.3 Å². The molecular weight excluding hydrogens is 294 g/mol. The van der Waals surface area contributed by atoms with Crippen LogP contribution in [0.1, 0.15) is 4.88 Å². The van der Waals surface area contributed by atoms with Gasteiger partial charge in [-0.1, -0.05) is 6.07 Å². The lowest BCUT2D eigenvalue weighted by atomic mass is 10.3. The molecule has 1 aromatic rings. The maximum atomic E-state index is 11.9. The Hall–Kier alpha value is -0.470. The van der Waals surface area contributed by atoms with Gasteiger partial charge in [-0.05, 0) is 24.9 Å². The van der Waals surface area contributed by atoms with Crippen molar-refractivity contribution in [2.75, 3.05) is 52.1 Å². The van der Waals surface area contributed by atoms with Crippen LogP contribution in [0.4, 0.5) is 0 Å². The molecule has 0 atom stereocenters. The fourth-order valence-corrected chi connectivity index (χ4v) is 4.07. The van der Waals surface area contributed by atoms with Gasteiger partial charge in [0.1, 0.15) is 0 Å². The lowest BCUT2D eigenvalue weighted by molar-refractivity contribution is 0.156. The van der Waals surface area contributed by atoms with E-state index in [0.717, 1.165) is 37.6 Å². The van der Waals surface area contributed by atoms with Crippen LogP contribution in [0.5, 0.6) is 0 Å². The van der Waals surface area contributed by atoms with Crippen LogP contribution in [0.2, 0.25) is 0 Å². The standard InChI is InChI=1S/C13H23N3O2S2/c1-15-7-9-16(10-8-15)6-5-14-20(17,18)12-4-13-3-2-11-19-13/h2-3,11,14H,4-10,12H2,1H3. The molecular formula is C13H23N3O2S2. The fraction of sp³-hybridized carbons (Fsp3) is 0.692. The summed E-state index contributed by atoms with van der Waals surface area (Å²) in [4.78, 5) is 5.72. The van der Waals surface area contributed by atoms with Gasteiger partial charge >= 0.3 is 0 Å². The summed E-state index contributed by atoms with van der Waals surface area (Å²) < 4.78 is 26.5. The van der Waals surface area contributed by atoms with Crippen molar-refractivity contribution in [3.05, 3.63) is 22.4 Å². The molecule has 0 aliphatic carbocycles. The van der Waals surface area contributed by atoms with Crippen LogP contribution in [0.15, 0.2) is 17.5 Å². The minimum Gasteiger partial charge on any atom is -0.304 e. The van der Waals surface area contributed by atoms with Crippen LogP contribution in [-0.2, 0) is 16.4 Å². The minimum absolute atomic E-state index is 0.177. The number of sulfonamides is 1. The zero-order valence-corrected chi connectivity index (χ0v) is 13.5. The van der Waals surface area contributed by atoms with Crippen LogP contribution in [0, 0.1) is 0 Å². The molecule has 1 fully saturated rings. The Bertz CT molecular complexity index is 480. The molecule has 1 N–H and O–H groups in total. The number of nitrogens with zero attached hydrogens (tertiary/aromatic N) is 2. The second-order valence-corrected chi connectivity index (χ2v) is 8.15. The van der Waals surface area contributed by atoms with E-state index in [2.05, 4.69) is 21.6 Å². The molecule has 2 heterocycles. The summed E-state index contributed by atoms with van der Waals surface area (Å²) in [6, 6.07) is 3.93. The highest BCUT2D eigenvalue weighted by Gasteiger charge is 2.15. The molecule has 1 aliphatic rings. The smallest absolute Gasteiger partial charge is 0.211 e. The first-order chi connectivity index (χ1) is 9.55. The van der Waals surface area contributed by atoms with Gasteiger partial charge in [0, 0.05) is 44.1 Å². The highest BCUT2D eigenvalue weighted by Crippen LogP contribution is 2.09. The number of thiophene rings is 1. The SMILES string of the molecule is CN1CCN(CCNS(=O)(=O)CCc2cccs2)CC1. The average Bonchev–Trinajstić information content (AvgIpc) is 2.92. The number of piperazine rings is 1. The van der Waals surface area contributed by atoms with E-state index in [1.54, 1.807) is 11.3 Å². The minimum atomic E-state index is -3.15. The van der Waals surface area contributed by atoms with Crippen molar-refractivity contribution in [3.63, 3.8) is 0 Å². The molecule has 7 heteroatoms. The third-order valence-electron chi connectivity index (χ3n) is 3.54. The Morgan fingerprint density at radius 1 is 1.30 bits per heavy atom. The number of rotatable bonds is 7. The van der Waals surface area contributed by atoms with Crippen LogP contribution < -0.4 is 4.72 Å². The summed E-state index contributed by atoms with van der Waals surface area (Å²) in [6.07, 6.45) is 0.599. The number of likely N-dealkylation sites (N-methyl/N-ethyl adjacent to an activating group) is 1. The summed E-state index contributed by atoms with van der Waals surface area (Å²) in [5.41, 5.74) is 0. The van der Waals surface area contributed by atoms with Gasteiger partial charge in [0.05, 0.1) is 5.75 Å². The quantitative estimate of drug-likeness (QED) is 0.794. The number of aryl methyl sites for hydroxylation is 1. The largest absolute Gasteiger partial charge is 0.304 e. The van der Waals surface area contributed by atoms with Gasteiger partial charge in [0.15, 0.2) is 0 Å². The highest BCUT2D eigenvalue weighted by molar-refractivity contribution is 7.89. The van der Waals surface area contributed by atoms with Gasteiger partial charge in [0.2, 0.25) is 10.0 Å². The van der Waals surface area contributed by atoms with Gasteiger partial charge in [-0.2, -0.15) is 0 Å². The second kappa shape index (κ2) is 7.51. The van der Waals surface area contributed by atoms with Crippen LogP contribution in [0.3, 0.4) is 0 Å². The third-order valence-corrected chi connectivity index (χ3v) is 5.86. The summed E-state index contributed by atoms with van der Waals surface area (Å²) in [5, 5.41) is 1.97. The molecule has 1 aromatic heterocycles. The van der Waals surface area contributed by atoms with Crippen molar-refractivity contribution < 1.29 is 8.42 Å². The Morgan fingerprint density at radius 3 is 2.70 bits per heavy atom. The molecule has 0 bridgehead atoms. The van der Waals surface area contributed by atoms with Crippen molar-refractivity contribution in [3.8, 4) is 0 Å². The lowest BCUT2D eigenvalue weighted by Gasteiger charge is -2.32. The monoisotopic (exact) mass is 317 g/mol. The molecule has 2 rings (SSSR count). The van der Waals surface area contributed by atoms with Crippen molar-refractivity contribution in [1.29, 1.82) is 0 Å². The molecule has 0 unspecified atom stereocenters. The zero-order valence-electron chi connectivity index (χ0n) is 11.9. The molecule has 0 spiro atoms. The summed E-state index contributed by atoms with van der Waals surface area (Å²) in [6.45, 7) is 5.47. The van der Waals surface area contributed by atoms with Gasteiger partial charge in [-0.25, -0.2) is 13.1 Å². The predicted octanol–water partition coefficient (Wildman–Crippen LogP) is 0.457. The van der Waals surface area contributed by atoms with E-state index in [0.29, 0.717) is 13.0 Å². The number of nitrogens with one attached hydrogen (secondary N) is 1. The molecule has 0 aromatic carbocycles. The van der Waals surface area contributed by atoms with Crippen molar-refractivity contribution in [1.82, 2.24) is 14.5 Å². The zero-order chi connectivity index (χ0) is 14.4. The van der Waals surface area contributed by atoms with Crippen molar-refractivity contribution >= 4 is 21.4 Å². The molecule has 1 aliphatic heterocycles. The van der Waals surface area contributed by atoms with E-state index in [9.17, 15) is 8.42 Å². The van der Waals surface area contributed by atoms with Gasteiger partial charge < -0.3 is 4.90 Å². The number of hydrogen-bond acceptors (Lipinski definition) is 5. The van der Waals surface area contributed by atoms with Gasteiger partial charge in [0.25, 0.3) is 0 Å². The Balaban J connectivity index is 1.64. The van der Waals surface area contributed by atoms with E-state index in [1.165, 1.54) is 0 Å². The molecule has 5 nitrogen and oxygen atoms in total. The summed E-state index contributed by atoms with van der Waals surface area (Å²) in [5.74, 6) is 0.177. The third kappa shape index (κ3) is 5.49. The highest BCUT2D eigenvalue weighted by atomic mass is 32.2. The maximum Gasteiger partial charge on any atom is 0.211 e. The second-order valence-electron chi connectivity index (χ2n) is 5.19. The van der Waals surface area contributed by atoms with Gasteiger partial charge in [-0.15, -0.1) is 11.3 Å². The maximum absolute atomic E-state index is 11.9. The Kier molecular flexibility index (Phi) is 5.98. The predicted molar refractivity (Wildman–Crippen MR) is 83.7 cm³/mol. The molecule has 0 radical (unpaired) electrons.